The molecule has 0 radical (unpaired) electrons. The standard InChI is InChI=1S/C20H21F2NO3/c1-2-26-19(24)12-14-23(13-11-15-3-7-17(21)8-4-15)20(25)16-5-9-18(22)10-6-16/h3-10H,2,11-14H2,1H3. The van der Waals surface area contributed by atoms with E-state index >= 15 is 0 Å². The Hall–Kier alpha value is -2.76. The van der Waals surface area contributed by atoms with Gasteiger partial charge in [-0.25, -0.2) is 8.78 Å². The molecule has 6 heteroatoms. The molecule has 4 nitrogen and oxygen atoms in total. The minimum Gasteiger partial charge on any atom is -0.466 e. The SMILES string of the molecule is CCOC(=O)CCN(CCc1ccc(F)cc1)C(=O)c1ccc(F)cc1. The van der Waals surface area contributed by atoms with Gasteiger partial charge in [-0.3, -0.25) is 9.59 Å². The first-order valence-electron chi connectivity index (χ1n) is 8.44. The van der Waals surface area contributed by atoms with Crippen LogP contribution in [0.1, 0.15) is 29.3 Å². The van der Waals surface area contributed by atoms with E-state index in [0.717, 1.165) is 5.56 Å². The lowest BCUT2D eigenvalue weighted by Crippen LogP contribution is -2.35. The number of hydrogen-bond donors (Lipinski definition) is 0. The third-order valence-electron chi connectivity index (χ3n) is 3.85. The minimum absolute atomic E-state index is 0.0736. The zero-order chi connectivity index (χ0) is 18.9. The van der Waals surface area contributed by atoms with Crippen molar-refractivity contribution in [2.75, 3.05) is 19.7 Å². The van der Waals surface area contributed by atoms with Crippen molar-refractivity contribution in [1.29, 1.82) is 0 Å². The second kappa shape index (κ2) is 9.65. The molecule has 0 saturated heterocycles. The Balaban J connectivity index is 2.06. The molecule has 138 valence electrons. The third-order valence-corrected chi connectivity index (χ3v) is 3.85. The van der Waals surface area contributed by atoms with Gasteiger partial charge in [-0.2, -0.15) is 0 Å². The van der Waals surface area contributed by atoms with Gasteiger partial charge in [0.15, 0.2) is 0 Å². The maximum atomic E-state index is 13.1. The Kier molecular flexibility index (Phi) is 7.26. The highest BCUT2D eigenvalue weighted by Gasteiger charge is 2.17. The third kappa shape index (κ3) is 5.95. The average Bonchev–Trinajstić information content (AvgIpc) is 2.63. The van der Waals surface area contributed by atoms with Gasteiger partial charge in [0, 0.05) is 18.7 Å². The van der Waals surface area contributed by atoms with Crippen LogP contribution in [0.4, 0.5) is 8.78 Å². The van der Waals surface area contributed by atoms with Crippen LogP contribution in [0.5, 0.6) is 0 Å². The largest absolute Gasteiger partial charge is 0.466 e. The zero-order valence-corrected chi connectivity index (χ0v) is 14.6. The first-order valence-corrected chi connectivity index (χ1v) is 8.44. The Labute approximate surface area is 151 Å². The molecule has 0 bridgehead atoms. The summed E-state index contributed by atoms with van der Waals surface area (Å²) in [4.78, 5) is 25.8. The number of rotatable bonds is 8. The summed E-state index contributed by atoms with van der Waals surface area (Å²) in [7, 11) is 0. The van der Waals surface area contributed by atoms with Crippen molar-refractivity contribution in [2.45, 2.75) is 19.8 Å². The number of halogens is 2. The van der Waals surface area contributed by atoms with Crippen LogP contribution in [0.25, 0.3) is 0 Å². The molecule has 0 aliphatic carbocycles. The highest BCUT2D eigenvalue weighted by molar-refractivity contribution is 5.94. The fourth-order valence-corrected chi connectivity index (χ4v) is 2.46. The molecule has 1 amide bonds. The lowest BCUT2D eigenvalue weighted by molar-refractivity contribution is -0.143. The second-order valence-electron chi connectivity index (χ2n) is 5.73. The highest BCUT2D eigenvalue weighted by Crippen LogP contribution is 2.10. The van der Waals surface area contributed by atoms with E-state index in [1.807, 2.05) is 0 Å². The Morgan fingerprint density at radius 2 is 1.50 bits per heavy atom. The van der Waals surface area contributed by atoms with Crippen molar-refractivity contribution in [1.82, 2.24) is 4.90 Å². The molecular formula is C20H21F2NO3. The van der Waals surface area contributed by atoms with Crippen LogP contribution in [0.15, 0.2) is 48.5 Å². The fourth-order valence-electron chi connectivity index (χ4n) is 2.46. The molecule has 0 unspecified atom stereocenters. The van der Waals surface area contributed by atoms with Gasteiger partial charge in [-0.05, 0) is 55.3 Å². The number of hydrogen-bond acceptors (Lipinski definition) is 3. The summed E-state index contributed by atoms with van der Waals surface area (Å²) in [5.41, 5.74) is 1.22. The van der Waals surface area contributed by atoms with E-state index in [-0.39, 0.29) is 37.3 Å². The van der Waals surface area contributed by atoms with E-state index in [4.69, 9.17) is 4.74 Å². The smallest absolute Gasteiger partial charge is 0.307 e. The number of benzene rings is 2. The summed E-state index contributed by atoms with van der Waals surface area (Å²) in [6.07, 6.45) is 0.584. The van der Waals surface area contributed by atoms with Crippen LogP contribution < -0.4 is 0 Å². The number of carbonyl (C=O) groups is 2. The molecule has 0 aromatic heterocycles. The fraction of sp³-hybridized carbons (Fsp3) is 0.300. The normalized spacial score (nSPS) is 10.4. The average molecular weight is 361 g/mol. The first kappa shape index (κ1) is 19.6. The van der Waals surface area contributed by atoms with Crippen molar-refractivity contribution in [2.24, 2.45) is 0 Å². The van der Waals surface area contributed by atoms with Gasteiger partial charge in [-0.1, -0.05) is 12.1 Å². The molecular weight excluding hydrogens is 340 g/mol. The Morgan fingerprint density at radius 1 is 0.923 bits per heavy atom. The predicted octanol–water partition coefficient (Wildman–Crippen LogP) is 3.60. The van der Waals surface area contributed by atoms with E-state index in [1.54, 1.807) is 19.1 Å². The number of amides is 1. The van der Waals surface area contributed by atoms with Gasteiger partial charge < -0.3 is 9.64 Å². The van der Waals surface area contributed by atoms with Gasteiger partial charge in [0.1, 0.15) is 11.6 Å². The molecule has 0 heterocycles. The van der Waals surface area contributed by atoms with Crippen molar-refractivity contribution in [3.8, 4) is 0 Å². The first-order chi connectivity index (χ1) is 12.5. The lowest BCUT2D eigenvalue weighted by atomic mass is 10.1. The van der Waals surface area contributed by atoms with Crippen LogP contribution in [-0.2, 0) is 16.0 Å². The van der Waals surface area contributed by atoms with Gasteiger partial charge in [0.05, 0.1) is 13.0 Å². The molecule has 0 fully saturated rings. The van der Waals surface area contributed by atoms with Crippen molar-refractivity contribution in [3.63, 3.8) is 0 Å². The molecule has 0 N–H and O–H groups in total. The van der Waals surface area contributed by atoms with Crippen LogP contribution in [0, 0.1) is 11.6 Å². The second-order valence-corrected chi connectivity index (χ2v) is 5.73. The zero-order valence-electron chi connectivity index (χ0n) is 14.6. The predicted molar refractivity (Wildman–Crippen MR) is 93.7 cm³/mol. The van der Waals surface area contributed by atoms with Crippen LogP contribution in [0.2, 0.25) is 0 Å². The number of carbonyl (C=O) groups excluding carboxylic acids is 2. The topological polar surface area (TPSA) is 46.6 Å². The minimum atomic E-state index is -0.425. The van der Waals surface area contributed by atoms with Crippen LogP contribution in [0.3, 0.4) is 0 Å². The summed E-state index contributed by atoms with van der Waals surface area (Å²) >= 11 is 0. The van der Waals surface area contributed by atoms with E-state index in [2.05, 4.69) is 0 Å². The Morgan fingerprint density at radius 3 is 2.08 bits per heavy atom. The summed E-state index contributed by atoms with van der Waals surface area (Å²) in [6.45, 7) is 2.53. The molecule has 2 aromatic carbocycles. The van der Waals surface area contributed by atoms with Crippen LogP contribution >= 0.6 is 0 Å². The molecule has 0 aliphatic rings. The molecule has 2 rings (SSSR count). The Bertz CT molecular complexity index is 730. The van der Waals surface area contributed by atoms with Crippen LogP contribution in [-0.4, -0.2) is 36.5 Å². The summed E-state index contributed by atoms with van der Waals surface area (Å²) < 4.78 is 31.0. The van der Waals surface area contributed by atoms with Gasteiger partial charge in [-0.15, -0.1) is 0 Å². The van der Waals surface area contributed by atoms with Gasteiger partial charge in [0.2, 0.25) is 0 Å². The summed E-state index contributed by atoms with van der Waals surface area (Å²) in [6, 6.07) is 11.3. The number of nitrogens with zero attached hydrogens (tertiary/aromatic N) is 1. The highest BCUT2D eigenvalue weighted by atomic mass is 19.1. The van der Waals surface area contributed by atoms with E-state index in [9.17, 15) is 18.4 Å². The van der Waals surface area contributed by atoms with Crippen molar-refractivity contribution in [3.05, 3.63) is 71.3 Å². The quantitative estimate of drug-likeness (QED) is 0.675. The van der Waals surface area contributed by atoms with E-state index < -0.39 is 5.82 Å². The molecule has 2 aromatic rings. The van der Waals surface area contributed by atoms with Gasteiger partial charge >= 0.3 is 5.97 Å². The monoisotopic (exact) mass is 361 g/mol. The molecule has 0 saturated carbocycles. The van der Waals surface area contributed by atoms with Crippen molar-refractivity contribution < 1.29 is 23.1 Å². The van der Waals surface area contributed by atoms with E-state index in [1.165, 1.54) is 41.3 Å². The van der Waals surface area contributed by atoms with Gasteiger partial charge in [0.25, 0.3) is 5.91 Å². The number of ether oxygens (including phenoxy) is 1. The summed E-state index contributed by atoms with van der Waals surface area (Å²) in [5, 5.41) is 0. The molecule has 26 heavy (non-hydrogen) atoms. The molecule has 0 atom stereocenters. The molecule has 0 spiro atoms. The maximum absolute atomic E-state index is 13.1. The molecule has 0 aliphatic heterocycles. The van der Waals surface area contributed by atoms with Crippen molar-refractivity contribution >= 4 is 11.9 Å². The van der Waals surface area contributed by atoms with E-state index in [0.29, 0.717) is 18.5 Å². The number of esters is 1. The summed E-state index contributed by atoms with van der Waals surface area (Å²) in [5.74, 6) is -1.43. The lowest BCUT2D eigenvalue weighted by Gasteiger charge is -2.22. The maximum Gasteiger partial charge on any atom is 0.307 e.